The Morgan fingerprint density at radius 2 is 2.11 bits per heavy atom. The third-order valence-electron chi connectivity index (χ3n) is 2.32. The van der Waals surface area contributed by atoms with Crippen molar-refractivity contribution in [3.63, 3.8) is 0 Å². The molecule has 1 N–H and O–H groups in total. The first-order valence-corrected chi connectivity index (χ1v) is 5.86. The lowest BCUT2D eigenvalue weighted by Gasteiger charge is -2.28. The topological polar surface area (TPSA) is 46.9 Å². The van der Waals surface area contributed by atoms with Gasteiger partial charge < -0.3 is 5.32 Å². The van der Waals surface area contributed by atoms with E-state index in [1.807, 2.05) is 13.8 Å². The summed E-state index contributed by atoms with van der Waals surface area (Å²) in [5.41, 5.74) is -0.455. The molecule has 0 aliphatic carbocycles. The fourth-order valence-corrected chi connectivity index (χ4v) is 1.71. The summed E-state index contributed by atoms with van der Waals surface area (Å²) in [5.74, 6) is -0.133. The van der Waals surface area contributed by atoms with Gasteiger partial charge in [-0.3, -0.25) is 9.36 Å². The van der Waals surface area contributed by atoms with Crippen LogP contribution < -0.4 is 10.9 Å². The van der Waals surface area contributed by atoms with Gasteiger partial charge in [-0.25, -0.2) is 4.98 Å². The van der Waals surface area contributed by atoms with E-state index >= 15 is 0 Å². The number of nitrogens with one attached hydrogen (secondary N) is 1. The first-order valence-electron chi connectivity index (χ1n) is 5.48. The van der Waals surface area contributed by atoms with Crippen LogP contribution in [0.1, 0.15) is 20.3 Å². The Morgan fingerprint density at radius 3 is 2.67 bits per heavy atom. The van der Waals surface area contributed by atoms with Crippen molar-refractivity contribution in [2.24, 2.45) is 0 Å². The Balaban J connectivity index is 0.000000771. The molecule has 4 nitrogen and oxygen atoms in total. The lowest BCUT2D eigenvalue weighted by molar-refractivity contribution is -0.145. The number of aromatic nitrogens is 2. The Morgan fingerprint density at radius 1 is 1.50 bits per heavy atom. The predicted octanol–water partition coefficient (Wildman–Crippen LogP) is 2.67. The van der Waals surface area contributed by atoms with E-state index in [1.54, 1.807) is 0 Å². The van der Waals surface area contributed by atoms with E-state index in [0.717, 1.165) is 10.6 Å². The predicted molar refractivity (Wildman–Crippen MR) is 62.9 cm³/mol. The van der Waals surface area contributed by atoms with Gasteiger partial charge in [-0.2, -0.15) is 13.2 Å². The van der Waals surface area contributed by atoms with Crippen LogP contribution in [0.5, 0.6) is 0 Å². The molecule has 18 heavy (non-hydrogen) atoms. The van der Waals surface area contributed by atoms with Crippen molar-refractivity contribution in [3.8, 4) is 0 Å². The van der Waals surface area contributed by atoms with Crippen LogP contribution in [0.3, 0.4) is 0 Å². The Labute approximate surface area is 107 Å². The summed E-state index contributed by atoms with van der Waals surface area (Å²) in [6.07, 6.45) is -4.55. The van der Waals surface area contributed by atoms with Crippen molar-refractivity contribution in [2.45, 2.75) is 39.0 Å². The van der Waals surface area contributed by atoms with Crippen LogP contribution in [0.15, 0.2) is 10.9 Å². The Kier molecular flexibility index (Phi) is 4.61. The number of anilines is 1. The average Bonchev–Trinajstić information content (AvgIpc) is 2.29. The third-order valence-corrected chi connectivity index (χ3v) is 2.51. The maximum Gasteiger partial charge on any atom is 0.408 e. The van der Waals surface area contributed by atoms with Gasteiger partial charge in [0.1, 0.15) is 11.2 Å². The second-order valence-electron chi connectivity index (χ2n) is 3.42. The first-order chi connectivity index (χ1) is 8.38. The van der Waals surface area contributed by atoms with Crippen molar-refractivity contribution in [3.05, 3.63) is 21.6 Å². The van der Waals surface area contributed by atoms with Crippen LogP contribution in [-0.2, 0) is 6.54 Å². The fraction of sp³-hybridized carbons (Fsp3) is 0.600. The van der Waals surface area contributed by atoms with Gasteiger partial charge >= 0.3 is 6.18 Å². The standard InChI is InChI=1S/C8H7ClF3N3O.C2H6/c9-5-3-6(16)15-2-1-4(8(10,11)12)13-7(15)14-5;1-2/h3-4H,1-2H2,(H,13,14);1-2H3. The molecular formula is C10H13ClF3N3O. The molecular weight excluding hydrogens is 271 g/mol. The van der Waals surface area contributed by atoms with Crippen molar-refractivity contribution in [2.75, 3.05) is 5.32 Å². The Hall–Kier alpha value is -1.24. The van der Waals surface area contributed by atoms with Crippen molar-refractivity contribution >= 4 is 17.5 Å². The van der Waals surface area contributed by atoms with Gasteiger partial charge in [-0.05, 0) is 6.42 Å². The zero-order valence-electron chi connectivity index (χ0n) is 9.88. The van der Waals surface area contributed by atoms with Gasteiger partial charge in [0.05, 0.1) is 0 Å². The molecule has 0 amide bonds. The molecule has 1 unspecified atom stereocenters. The second kappa shape index (κ2) is 5.60. The summed E-state index contributed by atoms with van der Waals surface area (Å²) in [5, 5.41) is 2.04. The minimum atomic E-state index is -4.36. The average molecular weight is 284 g/mol. The molecule has 0 bridgehead atoms. The number of alkyl halides is 3. The van der Waals surface area contributed by atoms with Crippen molar-refractivity contribution in [1.29, 1.82) is 0 Å². The maximum absolute atomic E-state index is 12.4. The summed E-state index contributed by atoms with van der Waals surface area (Å²) >= 11 is 5.50. The number of fused-ring (bicyclic) bond motifs is 1. The number of rotatable bonds is 0. The number of hydrogen-bond donors (Lipinski definition) is 1. The van der Waals surface area contributed by atoms with Crippen LogP contribution in [0.4, 0.5) is 19.1 Å². The van der Waals surface area contributed by atoms with Gasteiger partial charge in [-0.1, -0.05) is 25.4 Å². The SMILES string of the molecule is CC.O=c1cc(Cl)nc2n1CCC(C(F)(F)F)N2. The van der Waals surface area contributed by atoms with E-state index in [1.165, 1.54) is 0 Å². The fourth-order valence-electron chi connectivity index (χ4n) is 1.54. The molecule has 2 heterocycles. The molecule has 0 spiro atoms. The lowest BCUT2D eigenvalue weighted by atomic mass is 10.1. The number of halogens is 4. The van der Waals surface area contributed by atoms with E-state index < -0.39 is 17.8 Å². The summed E-state index contributed by atoms with van der Waals surface area (Å²) < 4.78 is 38.4. The summed E-state index contributed by atoms with van der Waals surface area (Å²) in [7, 11) is 0. The van der Waals surface area contributed by atoms with Crippen LogP contribution in [0.25, 0.3) is 0 Å². The highest BCUT2D eigenvalue weighted by molar-refractivity contribution is 6.29. The molecule has 1 aromatic rings. The second-order valence-corrected chi connectivity index (χ2v) is 3.81. The van der Waals surface area contributed by atoms with E-state index in [2.05, 4.69) is 10.3 Å². The monoisotopic (exact) mass is 283 g/mol. The van der Waals surface area contributed by atoms with Gasteiger partial charge in [0.2, 0.25) is 5.95 Å². The minimum absolute atomic E-state index is 0.0183. The molecule has 8 heteroatoms. The highest BCUT2D eigenvalue weighted by atomic mass is 35.5. The molecule has 1 aliphatic heterocycles. The summed E-state index contributed by atoms with van der Waals surface area (Å²) in [4.78, 5) is 15.0. The highest BCUT2D eigenvalue weighted by Crippen LogP contribution is 2.28. The molecule has 0 fully saturated rings. The van der Waals surface area contributed by atoms with Crippen LogP contribution >= 0.6 is 11.6 Å². The zero-order valence-corrected chi connectivity index (χ0v) is 10.6. The maximum atomic E-state index is 12.4. The molecule has 0 radical (unpaired) electrons. The van der Waals surface area contributed by atoms with Gasteiger partial charge in [0.15, 0.2) is 0 Å². The number of hydrogen-bond acceptors (Lipinski definition) is 3. The first kappa shape index (κ1) is 14.8. The molecule has 0 saturated carbocycles. The van der Waals surface area contributed by atoms with E-state index in [9.17, 15) is 18.0 Å². The quantitative estimate of drug-likeness (QED) is 0.745. The minimum Gasteiger partial charge on any atom is -0.344 e. The van der Waals surface area contributed by atoms with E-state index in [0.29, 0.717) is 0 Å². The molecule has 1 aromatic heterocycles. The third kappa shape index (κ3) is 3.16. The van der Waals surface area contributed by atoms with Gasteiger partial charge in [0, 0.05) is 12.6 Å². The molecule has 2 rings (SSSR count). The van der Waals surface area contributed by atoms with Gasteiger partial charge in [-0.15, -0.1) is 0 Å². The molecule has 1 atom stereocenters. The van der Waals surface area contributed by atoms with Crippen molar-refractivity contribution < 1.29 is 13.2 Å². The smallest absolute Gasteiger partial charge is 0.344 e. The lowest BCUT2D eigenvalue weighted by Crippen LogP contribution is -2.43. The summed E-state index contributed by atoms with van der Waals surface area (Å²) in [6.45, 7) is 3.98. The number of nitrogens with zero attached hydrogens (tertiary/aromatic N) is 2. The molecule has 102 valence electrons. The van der Waals surface area contributed by atoms with Gasteiger partial charge in [0.25, 0.3) is 5.56 Å². The molecule has 0 aromatic carbocycles. The van der Waals surface area contributed by atoms with Crippen molar-refractivity contribution in [1.82, 2.24) is 9.55 Å². The summed E-state index contributed by atoms with van der Waals surface area (Å²) in [6, 6.07) is -0.612. The zero-order chi connectivity index (χ0) is 13.9. The highest BCUT2D eigenvalue weighted by Gasteiger charge is 2.41. The van der Waals surface area contributed by atoms with Crippen LogP contribution in [0.2, 0.25) is 5.15 Å². The van der Waals surface area contributed by atoms with Crippen LogP contribution in [-0.4, -0.2) is 21.8 Å². The Bertz CT molecular complexity index is 472. The normalized spacial score (nSPS) is 18.2. The van der Waals surface area contributed by atoms with E-state index in [-0.39, 0.29) is 24.1 Å². The van der Waals surface area contributed by atoms with E-state index in [4.69, 9.17) is 11.6 Å². The molecule has 1 aliphatic rings. The largest absolute Gasteiger partial charge is 0.408 e. The molecule has 0 saturated heterocycles. The van der Waals surface area contributed by atoms with Crippen LogP contribution in [0, 0.1) is 0 Å².